The van der Waals surface area contributed by atoms with Gasteiger partial charge in [-0.2, -0.15) is 0 Å². The second kappa shape index (κ2) is 4.97. The molecule has 0 spiro atoms. The molecule has 1 atom stereocenters. The number of hydrogen-bond donors (Lipinski definition) is 1. The summed E-state index contributed by atoms with van der Waals surface area (Å²) in [5.74, 6) is 1.08. The number of carbonyl (C=O) groups is 1. The number of amides is 1. The summed E-state index contributed by atoms with van der Waals surface area (Å²) >= 11 is 0. The van der Waals surface area contributed by atoms with Crippen LogP contribution in [0.5, 0.6) is 0 Å². The fourth-order valence-corrected chi connectivity index (χ4v) is 2.30. The third-order valence-electron chi connectivity index (χ3n) is 3.65. The zero-order valence-electron chi connectivity index (χ0n) is 9.67. The SMILES string of the molecule is CN(C(=O)CC1CC1)C1CCCNCC1. The lowest BCUT2D eigenvalue weighted by atomic mass is 10.1. The van der Waals surface area contributed by atoms with Gasteiger partial charge in [0.15, 0.2) is 0 Å². The number of carbonyl (C=O) groups excluding carboxylic acids is 1. The zero-order chi connectivity index (χ0) is 10.7. The van der Waals surface area contributed by atoms with E-state index in [1.54, 1.807) is 0 Å². The minimum absolute atomic E-state index is 0.365. The van der Waals surface area contributed by atoms with Crippen LogP contribution in [0.15, 0.2) is 0 Å². The van der Waals surface area contributed by atoms with Gasteiger partial charge in [0.25, 0.3) is 0 Å². The first-order valence-corrected chi connectivity index (χ1v) is 6.24. The molecule has 0 aromatic carbocycles. The van der Waals surface area contributed by atoms with Crippen LogP contribution in [0.3, 0.4) is 0 Å². The Morgan fingerprint density at radius 3 is 2.80 bits per heavy atom. The standard InChI is InChI=1S/C12H22N2O/c1-14(12(15)9-10-4-5-10)11-3-2-7-13-8-6-11/h10-11,13H,2-9H2,1H3. The Hall–Kier alpha value is -0.570. The first kappa shape index (κ1) is 10.9. The van der Waals surface area contributed by atoms with Crippen molar-refractivity contribution in [2.24, 2.45) is 5.92 Å². The van der Waals surface area contributed by atoms with E-state index in [9.17, 15) is 4.79 Å². The van der Waals surface area contributed by atoms with Crippen LogP contribution in [0.4, 0.5) is 0 Å². The number of rotatable bonds is 3. The third kappa shape index (κ3) is 3.20. The predicted molar refractivity (Wildman–Crippen MR) is 60.6 cm³/mol. The summed E-state index contributed by atoms with van der Waals surface area (Å²) < 4.78 is 0. The van der Waals surface area contributed by atoms with Crippen molar-refractivity contribution in [3.63, 3.8) is 0 Å². The van der Waals surface area contributed by atoms with Crippen molar-refractivity contribution in [1.29, 1.82) is 0 Å². The second-order valence-electron chi connectivity index (χ2n) is 4.99. The maximum absolute atomic E-state index is 11.9. The molecule has 2 fully saturated rings. The average molecular weight is 210 g/mol. The van der Waals surface area contributed by atoms with Gasteiger partial charge in [-0.1, -0.05) is 0 Å². The minimum Gasteiger partial charge on any atom is -0.343 e. The van der Waals surface area contributed by atoms with Gasteiger partial charge in [-0.05, 0) is 51.1 Å². The first-order valence-electron chi connectivity index (χ1n) is 6.24. The summed E-state index contributed by atoms with van der Waals surface area (Å²) in [6.07, 6.45) is 6.82. The first-order chi connectivity index (χ1) is 7.27. The topological polar surface area (TPSA) is 32.3 Å². The van der Waals surface area contributed by atoms with E-state index in [1.807, 2.05) is 11.9 Å². The summed E-state index contributed by atoms with van der Waals surface area (Å²) in [4.78, 5) is 13.9. The summed E-state index contributed by atoms with van der Waals surface area (Å²) in [6.45, 7) is 2.17. The molecule has 1 aliphatic carbocycles. The van der Waals surface area contributed by atoms with Crippen LogP contribution in [-0.4, -0.2) is 37.0 Å². The quantitative estimate of drug-likeness (QED) is 0.763. The molecule has 2 aliphatic rings. The molecule has 1 amide bonds. The molecule has 0 bridgehead atoms. The average Bonchev–Trinajstić information content (AvgIpc) is 3.01. The Kier molecular flexibility index (Phi) is 3.62. The minimum atomic E-state index is 0.365. The largest absolute Gasteiger partial charge is 0.343 e. The highest BCUT2D eigenvalue weighted by Gasteiger charge is 2.28. The summed E-state index contributed by atoms with van der Waals surface area (Å²) in [5, 5.41) is 3.39. The Morgan fingerprint density at radius 2 is 2.07 bits per heavy atom. The molecule has 0 aromatic heterocycles. The number of hydrogen-bond acceptors (Lipinski definition) is 2. The van der Waals surface area contributed by atoms with Gasteiger partial charge < -0.3 is 10.2 Å². The maximum atomic E-state index is 11.9. The molecule has 1 aliphatic heterocycles. The van der Waals surface area contributed by atoms with Crippen molar-refractivity contribution in [1.82, 2.24) is 10.2 Å². The second-order valence-corrected chi connectivity index (χ2v) is 4.99. The molecular weight excluding hydrogens is 188 g/mol. The number of nitrogens with zero attached hydrogens (tertiary/aromatic N) is 1. The van der Waals surface area contributed by atoms with E-state index in [4.69, 9.17) is 0 Å². The molecular formula is C12H22N2O. The molecule has 1 saturated heterocycles. The molecule has 1 saturated carbocycles. The van der Waals surface area contributed by atoms with Crippen LogP contribution >= 0.6 is 0 Å². The smallest absolute Gasteiger partial charge is 0.222 e. The maximum Gasteiger partial charge on any atom is 0.222 e. The molecule has 0 radical (unpaired) electrons. The zero-order valence-corrected chi connectivity index (χ0v) is 9.67. The van der Waals surface area contributed by atoms with Gasteiger partial charge in [0.1, 0.15) is 0 Å². The van der Waals surface area contributed by atoms with Crippen LogP contribution in [-0.2, 0) is 4.79 Å². The van der Waals surface area contributed by atoms with Crippen molar-refractivity contribution in [3.05, 3.63) is 0 Å². The van der Waals surface area contributed by atoms with Crippen molar-refractivity contribution >= 4 is 5.91 Å². The normalized spacial score (nSPS) is 27.1. The highest BCUT2D eigenvalue weighted by atomic mass is 16.2. The number of nitrogens with one attached hydrogen (secondary N) is 1. The van der Waals surface area contributed by atoms with E-state index < -0.39 is 0 Å². The predicted octanol–water partition coefficient (Wildman–Crippen LogP) is 1.39. The molecule has 15 heavy (non-hydrogen) atoms. The monoisotopic (exact) mass is 210 g/mol. The van der Waals surface area contributed by atoms with Gasteiger partial charge in [-0.25, -0.2) is 0 Å². The molecule has 0 aromatic rings. The van der Waals surface area contributed by atoms with Crippen molar-refractivity contribution in [2.75, 3.05) is 20.1 Å². The van der Waals surface area contributed by atoms with E-state index in [2.05, 4.69) is 5.32 Å². The van der Waals surface area contributed by atoms with Crippen LogP contribution in [0.1, 0.15) is 38.5 Å². The van der Waals surface area contributed by atoms with Crippen molar-refractivity contribution in [3.8, 4) is 0 Å². The lowest BCUT2D eigenvalue weighted by molar-refractivity contribution is -0.132. The molecule has 1 heterocycles. The van der Waals surface area contributed by atoms with Crippen LogP contribution in [0.25, 0.3) is 0 Å². The van der Waals surface area contributed by atoms with E-state index in [1.165, 1.54) is 25.7 Å². The van der Waals surface area contributed by atoms with Gasteiger partial charge >= 0.3 is 0 Å². The third-order valence-corrected chi connectivity index (χ3v) is 3.65. The van der Waals surface area contributed by atoms with E-state index >= 15 is 0 Å². The highest BCUT2D eigenvalue weighted by molar-refractivity contribution is 5.76. The van der Waals surface area contributed by atoms with E-state index in [0.29, 0.717) is 17.9 Å². The highest BCUT2D eigenvalue weighted by Crippen LogP contribution is 2.33. The summed E-state index contributed by atoms with van der Waals surface area (Å²) in [6, 6.07) is 0.478. The lowest BCUT2D eigenvalue weighted by Gasteiger charge is -2.27. The van der Waals surface area contributed by atoms with Crippen LogP contribution in [0, 0.1) is 5.92 Å². The van der Waals surface area contributed by atoms with Gasteiger partial charge in [0.2, 0.25) is 5.91 Å². The molecule has 3 heteroatoms. The lowest BCUT2D eigenvalue weighted by Crippen LogP contribution is -2.37. The summed E-state index contributed by atoms with van der Waals surface area (Å²) in [5.41, 5.74) is 0. The van der Waals surface area contributed by atoms with Gasteiger partial charge in [0, 0.05) is 19.5 Å². The van der Waals surface area contributed by atoms with Gasteiger partial charge in [-0.15, -0.1) is 0 Å². The fourth-order valence-electron chi connectivity index (χ4n) is 2.30. The molecule has 1 unspecified atom stereocenters. The Labute approximate surface area is 92.2 Å². The Balaban J connectivity index is 1.80. The van der Waals surface area contributed by atoms with E-state index in [0.717, 1.165) is 25.9 Å². The Bertz CT molecular complexity index is 218. The van der Waals surface area contributed by atoms with Crippen molar-refractivity contribution in [2.45, 2.75) is 44.6 Å². The molecule has 3 nitrogen and oxygen atoms in total. The molecule has 1 N–H and O–H groups in total. The molecule has 86 valence electrons. The van der Waals surface area contributed by atoms with E-state index in [-0.39, 0.29) is 0 Å². The molecule has 2 rings (SSSR count). The van der Waals surface area contributed by atoms with Gasteiger partial charge in [0.05, 0.1) is 0 Å². The van der Waals surface area contributed by atoms with Crippen LogP contribution < -0.4 is 5.32 Å². The van der Waals surface area contributed by atoms with Crippen molar-refractivity contribution < 1.29 is 4.79 Å². The van der Waals surface area contributed by atoms with Crippen LogP contribution in [0.2, 0.25) is 0 Å². The summed E-state index contributed by atoms with van der Waals surface area (Å²) in [7, 11) is 1.99. The fraction of sp³-hybridized carbons (Fsp3) is 0.917. The Morgan fingerprint density at radius 1 is 1.27 bits per heavy atom. The van der Waals surface area contributed by atoms with Gasteiger partial charge in [-0.3, -0.25) is 4.79 Å².